The lowest BCUT2D eigenvalue weighted by atomic mass is 10.0. The van der Waals surface area contributed by atoms with Crippen LogP contribution in [0.4, 0.5) is 30.2 Å². The van der Waals surface area contributed by atoms with Crippen molar-refractivity contribution in [2.75, 3.05) is 41.5 Å². The molecule has 17 heteroatoms. The molecule has 3 aromatic carbocycles. The molecule has 2 fully saturated rings. The van der Waals surface area contributed by atoms with Gasteiger partial charge in [-0.3, -0.25) is 39.1 Å². The molecule has 0 radical (unpaired) electrons. The number of anilines is 3. The van der Waals surface area contributed by atoms with E-state index in [1.54, 1.807) is 50.2 Å². The van der Waals surface area contributed by atoms with Crippen LogP contribution in [0.25, 0.3) is 0 Å². The lowest BCUT2D eigenvalue weighted by molar-refractivity contribution is -0.138. The van der Waals surface area contributed by atoms with Crippen molar-refractivity contribution in [3.8, 4) is 11.8 Å². The van der Waals surface area contributed by atoms with Crippen molar-refractivity contribution < 1.29 is 46.6 Å². The average molecular weight is 749 g/mol. The highest BCUT2D eigenvalue weighted by Gasteiger charge is 2.51. The van der Waals surface area contributed by atoms with Gasteiger partial charge in [-0.25, -0.2) is 0 Å². The summed E-state index contributed by atoms with van der Waals surface area (Å²) in [5.74, 6) is -2.42. The molecule has 0 spiro atoms. The van der Waals surface area contributed by atoms with Crippen LogP contribution in [0.15, 0.2) is 60.7 Å². The van der Waals surface area contributed by atoms with Gasteiger partial charge in [0, 0.05) is 24.3 Å². The monoisotopic (exact) mass is 748 g/mol. The van der Waals surface area contributed by atoms with E-state index in [-0.39, 0.29) is 61.1 Å². The van der Waals surface area contributed by atoms with Crippen LogP contribution in [0, 0.1) is 11.3 Å². The van der Waals surface area contributed by atoms with E-state index in [9.17, 15) is 37.1 Å². The molecule has 0 bridgehead atoms. The SMILES string of the molecule is CC1(C)C(=O)N(c2ccc(C#N)c(C(F)(F)F)c2)C(=S)N1c1ccc(OCCOCCNc2cccc3c2C(=O)N(C2CCC(=O)NC2=O)C3=O)cc1. The number of ether oxygens (including phenoxy) is 2. The number of carbonyl (C=O) groups is 5. The highest BCUT2D eigenvalue weighted by Crippen LogP contribution is 2.40. The minimum Gasteiger partial charge on any atom is -0.491 e. The van der Waals surface area contributed by atoms with Gasteiger partial charge in [0.1, 0.15) is 23.9 Å². The molecule has 0 aliphatic carbocycles. The van der Waals surface area contributed by atoms with Crippen molar-refractivity contribution in [2.45, 2.75) is 44.4 Å². The van der Waals surface area contributed by atoms with E-state index in [0.717, 1.165) is 21.9 Å². The van der Waals surface area contributed by atoms with Gasteiger partial charge in [0.2, 0.25) is 11.8 Å². The Morgan fingerprint density at radius 1 is 0.981 bits per heavy atom. The molecule has 6 rings (SSSR count). The third kappa shape index (κ3) is 6.90. The van der Waals surface area contributed by atoms with Crippen LogP contribution >= 0.6 is 12.2 Å². The summed E-state index contributed by atoms with van der Waals surface area (Å²) in [5.41, 5.74) is -1.87. The standard InChI is InChI=1S/C36H31F3N6O7S/c1-35(2)33(50)43(22-7-6-20(19-40)25(18-22)36(37,38)39)34(53)45(35)21-8-10-23(11-9-21)52-17-16-51-15-14-41-26-5-3-4-24-29(26)32(49)44(31(24)48)27-12-13-28(46)42-30(27)47/h3-11,18,27,41H,12-17H2,1-2H3,(H,42,46,47). The fourth-order valence-electron chi connectivity index (χ4n) is 6.39. The van der Waals surface area contributed by atoms with E-state index in [1.165, 1.54) is 23.1 Å². The molecule has 0 aromatic heterocycles. The molecule has 274 valence electrons. The van der Waals surface area contributed by atoms with Crippen LogP contribution in [0.3, 0.4) is 0 Å². The molecule has 3 aromatic rings. The summed E-state index contributed by atoms with van der Waals surface area (Å²) in [6, 6.07) is 14.9. The smallest absolute Gasteiger partial charge is 0.417 e. The number of nitrogens with one attached hydrogen (secondary N) is 2. The van der Waals surface area contributed by atoms with Gasteiger partial charge < -0.3 is 19.7 Å². The van der Waals surface area contributed by atoms with Gasteiger partial charge in [0.15, 0.2) is 5.11 Å². The number of halogens is 3. The number of nitrogens with zero attached hydrogens (tertiary/aromatic N) is 4. The molecule has 3 aliphatic rings. The predicted molar refractivity (Wildman–Crippen MR) is 187 cm³/mol. The second-order valence-corrected chi connectivity index (χ2v) is 13.1. The number of hydrogen-bond acceptors (Lipinski definition) is 10. The number of rotatable bonds is 11. The van der Waals surface area contributed by atoms with Crippen molar-refractivity contribution in [2.24, 2.45) is 0 Å². The Morgan fingerprint density at radius 3 is 2.38 bits per heavy atom. The lowest BCUT2D eigenvalue weighted by Crippen LogP contribution is -2.54. The van der Waals surface area contributed by atoms with Gasteiger partial charge in [0.05, 0.1) is 47.2 Å². The van der Waals surface area contributed by atoms with E-state index in [4.69, 9.17) is 27.0 Å². The predicted octanol–water partition coefficient (Wildman–Crippen LogP) is 4.40. The molecule has 5 amide bonds. The van der Waals surface area contributed by atoms with Gasteiger partial charge in [-0.15, -0.1) is 0 Å². The first-order chi connectivity index (χ1) is 25.1. The molecule has 2 N–H and O–H groups in total. The van der Waals surface area contributed by atoms with E-state index in [1.807, 2.05) is 0 Å². The maximum absolute atomic E-state index is 13.6. The van der Waals surface area contributed by atoms with Crippen LogP contribution in [0.1, 0.15) is 58.5 Å². The van der Waals surface area contributed by atoms with E-state index < -0.39 is 58.4 Å². The summed E-state index contributed by atoms with van der Waals surface area (Å²) < 4.78 is 52.3. The van der Waals surface area contributed by atoms with Crippen LogP contribution in [-0.4, -0.2) is 77.5 Å². The molecule has 3 heterocycles. The molecule has 0 saturated carbocycles. The Labute approximate surface area is 306 Å². The number of nitriles is 1. The molecular formula is C36H31F3N6O7S. The maximum atomic E-state index is 13.6. The van der Waals surface area contributed by atoms with Gasteiger partial charge >= 0.3 is 6.18 Å². The minimum absolute atomic E-state index is 0.0236. The summed E-state index contributed by atoms with van der Waals surface area (Å²) in [7, 11) is 0. The molecule has 3 aliphatic heterocycles. The zero-order valence-corrected chi connectivity index (χ0v) is 29.1. The summed E-state index contributed by atoms with van der Waals surface area (Å²) in [4.78, 5) is 67.1. The molecular weight excluding hydrogens is 717 g/mol. The van der Waals surface area contributed by atoms with Crippen LogP contribution in [-0.2, 0) is 25.3 Å². The second-order valence-electron chi connectivity index (χ2n) is 12.7. The largest absolute Gasteiger partial charge is 0.491 e. The zero-order valence-electron chi connectivity index (χ0n) is 28.3. The molecule has 53 heavy (non-hydrogen) atoms. The number of carbonyl (C=O) groups excluding carboxylic acids is 5. The third-order valence-corrected chi connectivity index (χ3v) is 9.34. The van der Waals surface area contributed by atoms with Gasteiger partial charge in [-0.1, -0.05) is 6.07 Å². The van der Waals surface area contributed by atoms with Gasteiger partial charge in [0.25, 0.3) is 17.7 Å². The van der Waals surface area contributed by atoms with E-state index in [2.05, 4.69) is 10.6 Å². The topological polar surface area (TPSA) is 161 Å². The van der Waals surface area contributed by atoms with Crippen molar-refractivity contribution in [1.29, 1.82) is 5.26 Å². The van der Waals surface area contributed by atoms with Gasteiger partial charge in [-0.2, -0.15) is 18.4 Å². The maximum Gasteiger partial charge on any atom is 0.417 e. The fraction of sp³-hybridized carbons (Fsp3) is 0.306. The Morgan fingerprint density at radius 2 is 1.70 bits per heavy atom. The Balaban J connectivity index is 1.00. The second kappa shape index (κ2) is 14.3. The van der Waals surface area contributed by atoms with Crippen LogP contribution in [0.2, 0.25) is 0 Å². The normalized spacial score (nSPS) is 18.3. The Bertz CT molecular complexity index is 2080. The lowest BCUT2D eigenvalue weighted by Gasteiger charge is -2.29. The van der Waals surface area contributed by atoms with Crippen LogP contribution in [0.5, 0.6) is 5.75 Å². The third-order valence-electron chi connectivity index (χ3n) is 8.98. The summed E-state index contributed by atoms with van der Waals surface area (Å²) in [5, 5.41) is 14.4. The Hall–Kier alpha value is -5.86. The van der Waals surface area contributed by atoms with Crippen molar-refractivity contribution in [1.82, 2.24) is 10.2 Å². The Kier molecular flexibility index (Phi) is 9.95. The number of piperidine rings is 1. The van der Waals surface area contributed by atoms with E-state index >= 15 is 0 Å². The average Bonchev–Trinajstić information content (AvgIpc) is 3.47. The number of fused-ring (bicyclic) bond motifs is 1. The first kappa shape index (κ1) is 36.9. The first-order valence-electron chi connectivity index (χ1n) is 16.3. The summed E-state index contributed by atoms with van der Waals surface area (Å²) >= 11 is 5.58. The number of imide groups is 2. The molecule has 2 saturated heterocycles. The van der Waals surface area contributed by atoms with Crippen LogP contribution < -0.4 is 25.2 Å². The quantitative estimate of drug-likeness (QED) is 0.163. The summed E-state index contributed by atoms with van der Waals surface area (Å²) in [6.07, 6.45) is -4.73. The van der Waals surface area contributed by atoms with Crippen molar-refractivity contribution in [3.05, 3.63) is 82.9 Å². The summed E-state index contributed by atoms with van der Waals surface area (Å²) in [6.45, 7) is 4.09. The fourth-order valence-corrected chi connectivity index (χ4v) is 6.91. The highest BCUT2D eigenvalue weighted by atomic mass is 32.1. The molecule has 13 nitrogen and oxygen atoms in total. The number of hydrogen-bond donors (Lipinski definition) is 2. The van der Waals surface area contributed by atoms with Crippen molar-refractivity contribution in [3.63, 3.8) is 0 Å². The number of amides is 5. The van der Waals surface area contributed by atoms with Crippen molar-refractivity contribution >= 4 is 63.9 Å². The number of benzene rings is 3. The zero-order chi connectivity index (χ0) is 38.2. The number of thiocarbonyl (C=S) groups is 1. The molecule has 1 unspecified atom stereocenters. The highest BCUT2D eigenvalue weighted by molar-refractivity contribution is 7.81. The van der Waals surface area contributed by atoms with Gasteiger partial charge in [-0.05, 0) is 87.1 Å². The number of alkyl halides is 3. The minimum atomic E-state index is -4.81. The van der Waals surface area contributed by atoms with E-state index in [0.29, 0.717) is 17.1 Å². The first-order valence-corrected chi connectivity index (χ1v) is 16.7. The molecule has 1 atom stereocenters.